The monoisotopic (exact) mass is 641 g/mol. The molecule has 1 heterocycles. The van der Waals surface area contributed by atoms with Crippen molar-refractivity contribution in [3.8, 4) is 5.75 Å². The first kappa shape index (κ1) is 29.0. The van der Waals surface area contributed by atoms with Crippen molar-refractivity contribution in [1.82, 2.24) is 0 Å². The SMILES string of the molecule is O=C(COc1ccc(/C=C2/SC(=Nc3ccc(Cl)cc3)N(c3ccc(Cl)cc3)C2=O)cc1)Nc1ccc(Cl)c(Cl)c1. The number of amides is 2. The number of rotatable bonds is 7. The number of carbonyl (C=O) groups excluding carboxylic acids is 2. The molecule has 206 valence electrons. The summed E-state index contributed by atoms with van der Waals surface area (Å²) in [6.45, 7) is -0.199. The van der Waals surface area contributed by atoms with Gasteiger partial charge in [-0.05, 0) is 102 Å². The number of carbonyl (C=O) groups is 2. The van der Waals surface area contributed by atoms with E-state index >= 15 is 0 Å². The fourth-order valence-corrected chi connectivity index (χ4v) is 5.28. The lowest BCUT2D eigenvalue weighted by Crippen LogP contribution is -2.28. The van der Waals surface area contributed by atoms with Gasteiger partial charge in [-0.25, -0.2) is 4.99 Å². The van der Waals surface area contributed by atoms with Crippen molar-refractivity contribution < 1.29 is 14.3 Å². The zero-order chi connectivity index (χ0) is 28.9. The molecule has 0 aromatic heterocycles. The highest BCUT2D eigenvalue weighted by atomic mass is 35.5. The average Bonchev–Trinajstić information content (AvgIpc) is 3.26. The van der Waals surface area contributed by atoms with E-state index in [1.165, 1.54) is 11.8 Å². The van der Waals surface area contributed by atoms with E-state index in [-0.39, 0.29) is 18.4 Å². The molecule has 2 amide bonds. The maximum absolute atomic E-state index is 13.5. The number of hydrogen-bond donors (Lipinski definition) is 1. The molecule has 0 radical (unpaired) electrons. The number of anilines is 2. The van der Waals surface area contributed by atoms with Gasteiger partial charge in [-0.15, -0.1) is 0 Å². The van der Waals surface area contributed by atoms with E-state index in [9.17, 15) is 9.59 Å². The molecule has 4 aromatic carbocycles. The molecule has 0 saturated carbocycles. The minimum atomic E-state index is -0.350. The maximum atomic E-state index is 13.5. The zero-order valence-electron chi connectivity index (χ0n) is 21.0. The van der Waals surface area contributed by atoms with Crippen LogP contribution in [-0.2, 0) is 9.59 Å². The van der Waals surface area contributed by atoms with Crippen LogP contribution in [0.25, 0.3) is 6.08 Å². The number of nitrogens with one attached hydrogen (secondary N) is 1. The summed E-state index contributed by atoms with van der Waals surface area (Å²) in [5.74, 6) is -0.0729. The first-order chi connectivity index (χ1) is 19.7. The van der Waals surface area contributed by atoms with Crippen LogP contribution in [0.3, 0.4) is 0 Å². The van der Waals surface area contributed by atoms with Crippen molar-refractivity contribution in [2.75, 3.05) is 16.8 Å². The van der Waals surface area contributed by atoms with Crippen LogP contribution in [0.2, 0.25) is 20.1 Å². The standard InChI is InChI=1S/C30H19Cl4N3O3S/c31-19-3-7-21(8-4-19)36-30-37(23-10-5-20(32)6-11-23)29(39)27(41-30)15-18-1-12-24(13-2-18)40-17-28(38)35-22-9-14-25(33)26(34)16-22/h1-16H,17H2,(H,35,38)/b27-15+,36-30?. The van der Waals surface area contributed by atoms with Crippen LogP contribution in [0.1, 0.15) is 5.56 Å². The fourth-order valence-electron chi connectivity index (χ4n) is 3.72. The van der Waals surface area contributed by atoms with Crippen LogP contribution in [0.4, 0.5) is 17.1 Å². The third kappa shape index (κ3) is 7.44. The number of hydrogen-bond acceptors (Lipinski definition) is 5. The van der Waals surface area contributed by atoms with Crippen molar-refractivity contribution in [1.29, 1.82) is 0 Å². The van der Waals surface area contributed by atoms with Gasteiger partial charge in [0.2, 0.25) is 0 Å². The Morgan fingerprint density at radius 3 is 2.17 bits per heavy atom. The lowest BCUT2D eigenvalue weighted by atomic mass is 10.2. The molecule has 1 N–H and O–H groups in total. The highest BCUT2D eigenvalue weighted by Gasteiger charge is 2.34. The van der Waals surface area contributed by atoms with E-state index in [4.69, 9.17) is 56.1 Å². The summed E-state index contributed by atoms with van der Waals surface area (Å²) >= 11 is 25.2. The van der Waals surface area contributed by atoms with Gasteiger partial charge in [0.1, 0.15) is 5.75 Å². The molecule has 1 aliphatic heterocycles. The molecule has 0 spiro atoms. The molecule has 5 rings (SSSR count). The number of ether oxygens (including phenoxy) is 1. The second-order valence-corrected chi connectivity index (χ2v) is 11.3. The average molecular weight is 643 g/mol. The van der Waals surface area contributed by atoms with Crippen molar-refractivity contribution in [2.45, 2.75) is 0 Å². The molecule has 0 bridgehead atoms. The molecule has 41 heavy (non-hydrogen) atoms. The predicted molar refractivity (Wildman–Crippen MR) is 170 cm³/mol. The van der Waals surface area contributed by atoms with Crippen molar-refractivity contribution >= 4 is 98.3 Å². The van der Waals surface area contributed by atoms with Gasteiger partial charge in [0.15, 0.2) is 11.8 Å². The largest absolute Gasteiger partial charge is 0.484 e. The summed E-state index contributed by atoms with van der Waals surface area (Å²) in [5.41, 5.74) is 2.60. The molecule has 6 nitrogen and oxygen atoms in total. The van der Waals surface area contributed by atoms with Crippen LogP contribution in [0, 0.1) is 0 Å². The molecule has 1 saturated heterocycles. The lowest BCUT2D eigenvalue weighted by Gasteiger charge is -2.15. The van der Waals surface area contributed by atoms with Crippen LogP contribution in [0.15, 0.2) is 101 Å². The summed E-state index contributed by atoms with van der Waals surface area (Å²) in [4.78, 5) is 32.5. The molecular weight excluding hydrogens is 624 g/mol. The van der Waals surface area contributed by atoms with E-state index < -0.39 is 0 Å². The topological polar surface area (TPSA) is 71.0 Å². The molecule has 0 unspecified atom stereocenters. The normalized spacial score (nSPS) is 15.0. The molecule has 0 aliphatic carbocycles. The lowest BCUT2D eigenvalue weighted by molar-refractivity contribution is -0.118. The Morgan fingerprint density at radius 1 is 0.854 bits per heavy atom. The predicted octanol–water partition coefficient (Wildman–Crippen LogP) is 9.13. The van der Waals surface area contributed by atoms with Crippen molar-refractivity contribution in [3.05, 3.63) is 122 Å². The van der Waals surface area contributed by atoms with Gasteiger partial charge < -0.3 is 10.1 Å². The van der Waals surface area contributed by atoms with E-state index in [0.717, 1.165) is 5.56 Å². The smallest absolute Gasteiger partial charge is 0.271 e. The minimum absolute atomic E-state index is 0.199. The van der Waals surface area contributed by atoms with E-state index in [0.29, 0.717) is 53.0 Å². The molecular formula is C30H19Cl4N3O3S. The molecule has 11 heteroatoms. The number of aliphatic imine (C=N–C) groups is 1. The third-order valence-electron chi connectivity index (χ3n) is 5.69. The summed E-state index contributed by atoms with van der Waals surface area (Å²) in [6, 6.07) is 25.9. The number of thioether (sulfide) groups is 1. The second-order valence-electron chi connectivity index (χ2n) is 8.63. The Hall–Kier alpha value is -3.46. The van der Waals surface area contributed by atoms with Gasteiger partial charge in [0.05, 0.1) is 26.3 Å². The number of nitrogens with zero attached hydrogens (tertiary/aromatic N) is 2. The summed E-state index contributed by atoms with van der Waals surface area (Å²) in [7, 11) is 0. The Kier molecular flexibility index (Phi) is 9.22. The first-order valence-electron chi connectivity index (χ1n) is 12.1. The van der Waals surface area contributed by atoms with Crippen LogP contribution in [-0.4, -0.2) is 23.6 Å². The number of benzene rings is 4. The zero-order valence-corrected chi connectivity index (χ0v) is 24.8. The van der Waals surface area contributed by atoms with E-state index in [1.54, 1.807) is 102 Å². The summed E-state index contributed by atoms with van der Waals surface area (Å²) < 4.78 is 5.60. The number of halogens is 4. The second kappa shape index (κ2) is 13.0. The quantitative estimate of drug-likeness (QED) is 0.204. The number of amidine groups is 1. The van der Waals surface area contributed by atoms with Gasteiger partial charge in [-0.2, -0.15) is 0 Å². The summed E-state index contributed by atoms with van der Waals surface area (Å²) in [6.07, 6.45) is 1.78. The third-order valence-corrected chi connectivity index (χ3v) is 7.91. The molecule has 1 aliphatic rings. The Morgan fingerprint density at radius 2 is 1.51 bits per heavy atom. The highest BCUT2D eigenvalue weighted by molar-refractivity contribution is 8.19. The first-order valence-corrected chi connectivity index (χ1v) is 14.4. The van der Waals surface area contributed by atoms with Gasteiger partial charge >= 0.3 is 0 Å². The van der Waals surface area contributed by atoms with Gasteiger partial charge in [-0.1, -0.05) is 58.5 Å². The van der Waals surface area contributed by atoms with Gasteiger partial charge in [-0.3, -0.25) is 14.5 Å². The molecule has 4 aromatic rings. The van der Waals surface area contributed by atoms with Crippen LogP contribution in [0.5, 0.6) is 5.75 Å². The van der Waals surface area contributed by atoms with Gasteiger partial charge in [0, 0.05) is 15.7 Å². The van der Waals surface area contributed by atoms with Crippen LogP contribution >= 0.6 is 58.2 Å². The van der Waals surface area contributed by atoms with Crippen molar-refractivity contribution in [2.24, 2.45) is 4.99 Å². The van der Waals surface area contributed by atoms with Gasteiger partial charge in [0.25, 0.3) is 11.8 Å². The molecule has 1 fully saturated rings. The Labute approximate surface area is 260 Å². The van der Waals surface area contributed by atoms with Crippen molar-refractivity contribution in [3.63, 3.8) is 0 Å². The van der Waals surface area contributed by atoms with E-state index in [2.05, 4.69) is 5.32 Å². The Balaban J connectivity index is 1.30. The van der Waals surface area contributed by atoms with E-state index in [1.807, 2.05) is 0 Å². The summed E-state index contributed by atoms with van der Waals surface area (Å²) in [5, 5.41) is 5.10. The molecule has 0 atom stereocenters. The Bertz CT molecular complexity index is 1660. The fraction of sp³-hybridized carbons (Fsp3) is 0.0333. The maximum Gasteiger partial charge on any atom is 0.271 e. The highest BCUT2D eigenvalue weighted by Crippen LogP contribution is 2.38. The minimum Gasteiger partial charge on any atom is -0.484 e. The van der Waals surface area contributed by atoms with Crippen LogP contribution < -0.4 is 15.0 Å².